The second kappa shape index (κ2) is 8.51. The van der Waals surface area contributed by atoms with Crippen molar-refractivity contribution >= 4 is 5.97 Å². The fourth-order valence-electron chi connectivity index (χ4n) is 2.14. The van der Waals surface area contributed by atoms with Gasteiger partial charge in [0.15, 0.2) is 0 Å². The third-order valence-corrected chi connectivity index (χ3v) is 3.40. The normalized spacial score (nSPS) is 16.6. The standard InChI is InChI=1S/C14H30N2O3/c1-7-12(4)16(8-9-19-6)10-14(5,13(17)18)15-11(2)3/h11-12,15H,7-10H2,1-6H3,(H,17,18). The lowest BCUT2D eigenvalue weighted by molar-refractivity contribution is -0.145. The van der Waals surface area contributed by atoms with Crippen LogP contribution in [-0.4, -0.2) is 60.4 Å². The van der Waals surface area contributed by atoms with Crippen LogP contribution in [0.15, 0.2) is 0 Å². The first-order valence-corrected chi connectivity index (χ1v) is 7.00. The molecule has 0 spiro atoms. The zero-order valence-corrected chi connectivity index (χ0v) is 13.2. The summed E-state index contributed by atoms with van der Waals surface area (Å²) in [6.45, 7) is 11.7. The van der Waals surface area contributed by atoms with Gasteiger partial charge in [0.25, 0.3) is 0 Å². The Kier molecular flexibility index (Phi) is 8.22. The van der Waals surface area contributed by atoms with Crippen molar-refractivity contribution in [2.75, 3.05) is 26.8 Å². The zero-order valence-electron chi connectivity index (χ0n) is 13.2. The topological polar surface area (TPSA) is 61.8 Å². The molecule has 0 bridgehead atoms. The lowest BCUT2D eigenvalue weighted by Crippen LogP contribution is -2.60. The fourth-order valence-corrected chi connectivity index (χ4v) is 2.14. The van der Waals surface area contributed by atoms with Crippen LogP contribution in [0, 0.1) is 0 Å². The van der Waals surface area contributed by atoms with Crippen LogP contribution in [0.25, 0.3) is 0 Å². The number of carboxylic acid groups (broad SMARTS) is 1. The highest BCUT2D eigenvalue weighted by Crippen LogP contribution is 2.13. The van der Waals surface area contributed by atoms with Gasteiger partial charge in [-0.2, -0.15) is 0 Å². The minimum Gasteiger partial charge on any atom is -0.480 e. The molecule has 0 aliphatic heterocycles. The lowest BCUT2D eigenvalue weighted by Gasteiger charge is -2.37. The SMILES string of the molecule is CCC(C)N(CCOC)CC(C)(NC(C)C)C(=O)O. The molecule has 5 heteroatoms. The number of carbonyl (C=O) groups is 1. The molecule has 0 saturated heterocycles. The average Bonchev–Trinajstić information content (AvgIpc) is 2.32. The molecule has 0 radical (unpaired) electrons. The van der Waals surface area contributed by atoms with Crippen molar-refractivity contribution in [3.63, 3.8) is 0 Å². The molecule has 2 N–H and O–H groups in total. The van der Waals surface area contributed by atoms with E-state index in [1.54, 1.807) is 14.0 Å². The number of hydrogen-bond acceptors (Lipinski definition) is 4. The summed E-state index contributed by atoms with van der Waals surface area (Å²) in [5, 5.41) is 12.6. The molecule has 0 aliphatic carbocycles. The highest BCUT2D eigenvalue weighted by Gasteiger charge is 2.36. The smallest absolute Gasteiger partial charge is 0.324 e. The second-order valence-corrected chi connectivity index (χ2v) is 5.66. The van der Waals surface area contributed by atoms with E-state index in [4.69, 9.17) is 4.74 Å². The van der Waals surface area contributed by atoms with Gasteiger partial charge in [-0.1, -0.05) is 6.92 Å². The van der Waals surface area contributed by atoms with Crippen molar-refractivity contribution in [3.8, 4) is 0 Å². The minimum atomic E-state index is -0.939. The number of aliphatic carboxylic acids is 1. The molecule has 0 aromatic heterocycles. The number of rotatable bonds is 10. The van der Waals surface area contributed by atoms with Crippen LogP contribution >= 0.6 is 0 Å². The van der Waals surface area contributed by atoms with Crippen LogP contribution in [0.4, 0.5) is 0 Å². The Bertz CT molecular complexity index is 271. The third kappa shape index (κ3) is 6.36. The summed E-state index contributed by atoms with van der Waals surface area (Å²) in [5.74, 6) is -0.813. The molecule has 114 valence electrons. The minimum absolute atomic E-state index is 0.127. The largest absolute Gasteiger partial charge is 0.480 e. The Morgan fingerprint density at radius 2 is 2.00 bits per heavy atom. The van der Waals surface area contributed by atoms with Crippen LogP contribution in [0.3, 0.4) is 0 Å². The molecule has 0 saturated carbocycles. The summed E-state index contributed by atoms with van der Waals surface area (Å²) in [6, 6.07) is 0.463. The monoisotopic (exact) mass is 274 g/mol. The number of methoxy groups -OCH3 is 1. The Labute approximate surface area is 117 Å². The van der Waals surface area contributed by atoms with Gasteiger partial charge in [-0.25, -0.2) is 0 Å². The van der Waals surface area contributed by atoms with E-state index in [-0.39, 0.29) is 6.04 Å². The molecule has 0 aliphatic rings. The second-order valence-electron chi connectivity index (χ2n) is 5.66. The first-order chi connectivity index (χ1) is 8.76. The van der Waals surface area contributed by atoms with Gasteiger partial charge in [0.1, 0.15) is 5.54 Å². The summed E-state index contributed by atoms with van der Waals surface area (Å²) >= 11 is 0. The molecule has 0 heterocycles. The molecule has 0 aromatic carbocycles. The van der Waals surface area contributed by atoms with Crippen molar-refractivity contribution < 1.29 is 14.6 Å². The zero-order chi connectivity index (χ0) is 15.1. The average molecular weight is 274 g/mol. The van der Waals surface area contributed by atoms with Gasteiger partial charge in [-0.15, -0.1) is 0 Å². The number of nitrogens with zero attached hydrogens (tertiary/aromatic N) is 1. The highest BCUT2D eigenvalue weighted by atomic mass is 16.5. The fraction of sp³-hybridized carbons (Fsp3) is 0.929. The quantitative estimate of drug-likeness (QED) is 0.633. The number of hydrogen-bond donors (Lipinski definition) is 2. The molecule has 0 amide bonds. The molecule has 5 nitrogen and oxygen atoms in total. The Morgan fingerprint density at radius 1 is 1.42 bits per heavy atom. The Morgan fingerprint density at radius 3 is 2.37 bits per heavy atom. The van der Waals surface area contributed by atoms with Gasteiger partial charge in [0.2, 0.25) is 0 Å². The molecule has 19 heavy (non-hydrogen) atoms. The van der Waals surface area contributed by atoms with Crippen LogP contribution in [0.2, 0.25) is 0 Å². The van der Waals surface area contributed by atoms with Crippen molar-refractivity contribution in [1.82, 2.24) is 10.2 Å². The summed E-state index contributed by atoms with van der Waals surface area (Å²) in [4.78, 5) is 13.7. The molecule has 2 unspecified atom stereocenters. The number of nitrogens with one attached hydrogen (secondary N) is 1. The first kappa shape index (κ1) is 18.4. The van der Waals surface area contributed by atoms with E-state index in [9.17, 15) is 9.90 Å². The van der Waals surface area contributed by atoms with Gasteiger partial charge in [-0.05, 0) is 34.1 Å². The maximum Gasteiger partial charge on any atom is 0.324 e. The maximum atomic E-state index is 11.6. The van der Waals surface area contributed by atoms with E-state index in [0.29, 0.717) is 19.2 Å². The van der Waals surface area contributed by atoms with E-state index in [0.717, 1.165) is 13.0 Å². The van der Waals surface area contributed by atoms with Crippen LogP contribution in [-0.2, 0) is 9.53 Å². The predicted octanol–water partition coefficient (Wildman–Crippen LogP) is 1.57. The summed E-state index contributed by atoms with van der Waals surface area (Å²) in [5.41, 5.74) is -0.939. The van der Waals surface area contributed by atoms with Crippen molar-refractivity contribution in [2.24, 2.45) is 0 Å². The molecular weight excluding hydrogens is 244 g/mol. The molecule has 2 atom stereocenters. The van der Waals surface area contributed by atoms with Crippen LogP contribution in [0.1, 0.15) is 41.0 Å². The Hall–Kier alpha value is -0.650. The highest BCUT2D eigenvalue weighted by molar-refractivity contribution is 5.78. The van der Waals surface area contributed by atoms with Gasteiger partial charge in [0.05, 0.1) is 6.61 Å². The third-order valence-electron chi connectivity index (χ3n) is 3.40. The molecule has 0 aromatic rings. The number of carboxylic acids is 1. The first-order valence-electron chi connectivity index (χ1n) is 7.00. The van der Waals surface area contributed by atoms with Crippen molar-refractivity contribution in [3.05, 3.63) is 0 Å². The lowest BCUT2D eigenvalue weighted by atomic mass is 9.99. The van der Waals surface area contributed by atoms with Crippen molar-refractivity contribution in [2.45, 2.75) is 58.7 Å². The summed E-state index contributed by atoms with van der Waals surface area (Å²) in [7, 11) is 1.66. The van der Waals surface area contributed by atoms with E-state index in [1.807, 2.05) is 13.8 Å². The maximum absolute atomic E-state index is 11.6. The van der Waals surface area contributed by atoms with E-state index >= 15 is 0 Å². The molecule has 0 rings (SSSR count). The van der Waals surface area contributed by atoms with Gasteiger partial charge < -0.3 is 9.84 Å². The van der Waals surface area contributed by atoms with E-state index < -0.39 is 11.5 Å². The van der Waals surface area contributed by atoms with Crippen LogP contribution < -0.4 is 5.32 Å². The van der Waals surface area contributed by atoms with Crippen molar-refractivity contribution in [1.29, 1.82) is 0 Å². The van der Waals surface area contributed by atoms with Gasteiger partial charge >= 0.3 is 5.97 Å². The number of ether oxygens (including phenoxy) is 1. The van der Waals surface area contributed by atoms with Gasteiger partial charge in [0, 0.05) is 32.3 Å². The summed E-state index contributed by atoms with van der Waals surface area (Å²) < 4.78 is 5.11. The van der Waals surface area contributed by atoms with E-state index in [1.165, 1.54) is 0 Å². The molecular formula is C14H30N2O3. The van der Waals surface area contributed by atoms with E-state index in [2.05, 4.69) is 24.1 Å². The summed E-state index contributed by atoms with van der Waals surface area (Å²) in [6.07, 6.45) is 0.987. The Balaban J connectivity index is 4.86. The predicted molar refractivity (Wildman–Crippen MR) is 77.5 cm³/mol. The van der Waals surface area contributed by atoms with Crippen LogP contribution in [0.5, 0.6) is 0 Å². The molecule has 0 fully saturated rings. The van der Waals surface area contributed by atoms with Gasteiger partial charge in [-0.3, -0.25) is 15.0 Å².